The predicted molar refractivity (Wildman–Crippen MR) is 160 cm³/mol. The number of furan rings is 1. The Kier molecular flexibility index (Phi) is 8.07. The van der Waals surface area contributed by atoms with Crippen LogP contribution in [-0.2, 0) is 14.3 Å². The fourth-order valence-corrected chi connectivity index (χ4v) is 6.15. The highest BCUT2D eigenvalue weighted by Gasteiger charge is 2.35. The van der Waals surface area contributed by atoms with Gasteiger partial charge in [0.05, 0.1) is 48.3 Å². The van der Waals surface area contributed by atoms with Crippen LogP contribution in [0.1, 0.15) is 36.8 Å². The molecule has 2 aromatic carbocycles. The van der Waals surface area contributed by atoms with Gasteiger partial charge >= 0.3 is 5.97 Å². The Morgan fingerprint density at radius 2 is 1.79 bits per heavy atom. The number of thiazole rings is 1. The van der Waals surface area contributed by atoms with Crippen molar-refractivity contribution in [3.05, 3.63) is 109 Å². The van der Waals surface area contributed by atoms with Crippen molar-refractivity contribution in [2.45, 2.75) is 19.9 Å². The van der Waals surface area contributed by atoms with Crippen molar-refractivity contribution in [1.29, 1.82) is 0 Å². The van der Waals surface area contributed by atoms with Crippen molar-refractivity contribution in [3.8, 4) is 5.75 Å². The molecule has 42 heavy (non-hydrogen) atoms. The fourth-order valence-electron chi connectivity index (χ4n) is 5.17. The molecule has 216 valence electrons. The molecule has 0 amide bonds. The van der Waals surface area contributed by atoms with Crippen molar-refractivity contribution < 1.29 is 23.4 Å². The molecule has 2 aromatic heterocycles. The Balaban J connectivity index is 1.53. The largest absolute Gasteiger partial charge is 0.494 e. The minimum absolute atomic E-state index is 0.189. The first-order valence-corrected chi connectivity index (χ1v) is 14.8. The van der Waals surface area contributed by atoms with Crippen LogP contribution in [0.2, 0.25) is 0 Å². The van der Waals surface area contributed by atoms with Crippen molar-refractivity contribution >= 4 is 35.0 Å². The first-order chi connectivity index (χ1) is 20.6. The van der Waals surface area contributed by atoms with Gasteiger partial charge < -0.3 is 23.5 Å². The minimum Gasteiger partial charge on any atom is -0.494 e. The van der Waals surface area contributed by atoms with Gasteiger partial charge in [0.15, 0.2) is 10.7 Å². The van der Waals surface area contributed by atoms with Crippen molar-refractivity contribution in [1.82, 2.24) is 4.57 Å². The first kappa shape index (κ1) is 27.7. The summed E-state index contributed by atoms with van der Waals surface area (Å²) in [4.78, 5) is 35.1. The maximum absolute atomic E-state index is 14.1. The van der Waals surface area contributed by atoms with E-state index < -0.39 is 12.0 Å². The van der Waals surface area contributed by atoms with Gasteiger partial charge in [0, 0.05) is 30.8 Å². The second-order valence-electron chi connectivity index (χ2n) is 9.71. The quantitative estimate of drug-likeness (QED) is 0.291. The van der Waals surface area contributed by atoms with Gasteiger partial charge in [-0.1, -0.05) is 53.8 Å². The lowest BCUT2D eigenvalue weighted by Crippen LogP contribution is -2.40. The molecule has 1 saturated heterocycles. The second kappa shape index (κ2) is 12.2. The minimum atomic E-state index is -0.756. The summed E-state index contributed by atoms with van der Waals surface area (Å²) >= 11 is 1.26. The number of hydrogen-bond donors (Lipinski definition) is 0. The van der Waals surface area contributed by atoms with Gasteiger partial charge in [0.2, 0.25) is 0 Å². The van der Waals surface area contributed by atoms with E-state index in [-0.39, 0.29) is 12.2 Å². The van der Waals surface area contributed by atoms with Crippen LogP contribution in [0.15, 0.2) is 86.5 Å². The van der Waals surface area contributed by atoms with E-state index in [0.29, 0.717) is 51.9 Å². The number of nitrogens with zero attached hydrogens (tertiary/aromatic N) is 3. The summed E-state index contributed by atoms with van der Waals surface area (Å²) < 4.78 is 24.7. The summed E-state index contributed by atoms with van der Waals surface area (Å²) in [5.41, 5.74) is 2.02. The van der Waals surface area contributed by atoms with E-state index >= 15 is 0 Å². The third-order valence-electron chi connectivity index (χ3n) is 7.09. The average Bonchev–Trinajstić information content (AvgIpc) is 3.62. The number of aromatic nitrogens is 1. The Morgan fingerprint density at radius 1 is 1.02 bits per heavy atom. The van der Waals surface area contributed by atoms with E-state index in [1.54, 1.807) is 17.6 Å². The van der Waals surface area contributed by atoms with Gasteiger partial charge in [-0.05, 0) is 37.6 Å². The van der Waals surface area contributed by atoms with Crippen LogP contribution in [0.4, 0.5) is 5.88 Å². The van der Waals surface area contributed by atoms with Crippen LogP contribution in [-0.4, -0.2) is 50.1 Å². The van der Waals surface area contributed by atoms with E-state index in [4.69, 9.17) is 23.6 Å². The molecule has 2 aliphatic rings. The number of hydrogen-bond acceptors (Lipinski definition) is 9. The van der Waals surface area contributed by atoms with Crippen LogP contribution >= 0.6 is 11.3 Å². The average molecular weight is 586 g/mol. The molecule has 9 nitrogen and oxygen atoms in total. The number of fused-ring (bicyclic) bond motifs is 1. The predicted octanol–water partition coefficient (Wildman–Crippen LogP) is 3.76. The Hall–Kier alpha value is -4.41. The Morgan fingerprint density at radius 3 is 2.50 bits per heavy atom. The van der Waals surface area contributed by atoms with Crippen LogP contribution in [0, 0.1) is 0 Å². The number of morpholine rings is 1. The molecule has 1 fully saturated rings. The molecule has 0 saturated carbocycles. The number of ether oxygens (including phenoxy) is 3. The van der Waals surface area contributed by atoms with Crippen molar-refractivity contribution in [3.63, 3.8) is 0 Å². The lowest BCUT2D eigenvalue weighted by molar-refractivity contribution is -0.138. The molecule has 4 aromatic rings. The molecule has 0 bridgehead atoms. The highest BCUT2D eigenvalue weighted by Crippen LogP contribution is 2.35. The standard InChI is InChI=1S/C32H31N3O6S/c1-3-39-23-12-10-22(11-13-23)29-27(31(37)40-4-2)28(21-8-6-5-7-9-21)33-32-35(29)30(36)25(42-32)20-24-14-15-26(41-24)34-16-18-38-19-17-34/h5-15,20,29H,3-4,16-19H2,1-2H3/t29-/m0/s1. The van der Waals surface area contributed by atoms with Crippen LogP contribution in [0.25, 0.3) is 11.8 Å². The molecule has 1 atom stereocenters. The zero-order chi connectivity index (χ0) is 29.1. The maximum atomic E-state index is 14.1. The van der Waals surface area contributed by atoms with Crippen LogP contribution in [0.5, 0.6) is 5.75 Å². The summed E-state index contributed by atoms with van der Waals surface area (Å²) in [5.74, 6) is 1.48. The Labute approximate surface area is 246 Å². The summed E-state index contributed by atoms with van der Waals surface area (Å²) in [7, 11) is 0. The van der Waals surface area contributed by atoms with Gasteiger partial charge in [0.25, 0.3) is 5.56 Å². The summed E-state index contributed by atoms with van der Waals surface area (Å²) in [6.07, 6.45) is 1.74. The highest BCUT2D eigenvalue weighted by atomic mass is 32.1. The van der Waals surface area contributed by atoms with E-state index in [9.17, 15) is 9.59 Å². The molecular formula is C32H31N3O6S. The van der Waals surface area contributed by atoms with Gasteiger partial charge in [0.1, 0.15) is 11.5 Å². The third kappa shape index (κ3) is 5.43. The second-order valence-corrected chi connectivity index (χ2v) is 10.7. The fraction of sp³-hybridized carbons (Fsp3) is 0.281. The molecule has 0 aliphatic carbocycles. The highest BCUT2D eigenvalue weighted by molar-refractivity contribution is 7.07. The zero-order valence-electron chi connectivity index (χ0n) is 23.4. The van der Waals surface area contributed by atoms with Crippen LogP contribution in [0.3, 0.4) is 0 Å². The topological polar surface area (TPSA) is 95.5 Å². The Bertz CT molecular complexity index is 1780. The van der Waals surface area contributed by atoms with Crippen molar-refractivity contribution in [2.75, 3.05) is 44.4 Å². The number of benzene rings is 2. The monoisotopic (exact) mass is 585 g/mol. The summed E-state index contributed by atoms with van der Waals surface area (Å²) in [6.45, 7) is 7.18. The summed E-state index contributed by atoms with van der Waals surface area (Å²) in [5, 5.41) is 0. The molecular weight excluding hydrogens is 554 g/mol. The normalized spacial score (nSPS) is 17.1. The van der Waals surface area contributed by atoms with E-state index in [0.717, 1.165) is 30.1 Å². The SMILES string of the molecule is CCOC(=O)C1=C(c2ccccc2)N=c2sc(=Cc3ccc(N4CCOCC4)o3)c(=O)n2[C@H]1c1ccc(OCC)cc1. The molecule has 4 heterocycles. The van der Waals surface area contributed by atoms with Gasteiger partial charge in [-0.25, -0.2) is 9.79 Å². The molecule has 6 rings (SSSR count). The number of rotatable bonds is 8. The van der Waals surface area contributed by atoms with Gasteiger partial charge in [-0.2, -0.15) is 0 Å². The molecule has 0 spiro atoms. The lowest BCUT2D eigenvalue weighted by atomic mass is 9.93. The molecule has 10 heteroatoms. The zero-order valence-corrected chi connectivity index (χ0v) is 24.3. The van der Waals surface area contributed by atoms with E-state index in [1.807, 2.05) is 73.7 Å². The van der Waals surface area contributed by atoms with E-state index in [2.05, 4.69) is 4.90 Å². The smallest absolute Gasteiger partial charge is 0.338 e. The van der Waals surface area contributed by atoms with Gasteiger partial charge in [-0.3, -0.25) is 9.36 Å². The van der Waals surface area contributed by atoms with Gasteiger partial charge in [-0.15, -0.1) is 0 Å². The number of anilines is 1. The third-order valence-corrected chi connectivity index (χ3v) is 8.07. The maximum Gasteiger partial charge on any atom is 0.338 e. The summed E-state index contributed by atoms with van der Waals surface area (Å²) in [6, 6.07) is 19.9. The van der Waals surface area contributed by atoms with E-state index in [1.165, 1.54) is 11.3 Å². The van der Waals surface area contributed by atoms with Crippen LogP contribution < -0.4 is 24.5 Å². The molecule has 0 radical (unpaired) electrons. The number of carbonyl (C=O) groups is 1. The number of carbonyl (C=O) groups excluding carboxylic acids is 1. The first-order valence-electron chi connectivity index (χ1n) is 14.0. The van der Waals surface area contributed by atoms with Crippen molar-refractivity contribution in [2.24, 2.45) is 4.99 Å². The lowest BCUT2D eigenvalue weighted by Gasteiger charge is -2.26. The molecule has 2 aliphatic heterocycles. The molecule has 0 N–H and O–H groups in total. The molecule has 0 unspecified atom stereocenters. The number of esters is 1.